The topological polar surface area (TPSA) is 106 Å². The summed E-state index contributed by atoms with van der Waals surface area (Å²) in [4.78, 5) is 20.6. The van der Waals surface area contributed by atoms with Gasteiger partial charge in [-0.05, 0) is 25.0 Å². The molecule has 0 aliphatic carbocycles. The van der Waals surface area contributed by atoms with Crippen LogP contribution in [0.3, 0.4) is 0 Å². The first-order valence-corrected chi connectivity index (χ1v) is 4.64. The molecular formula is C10H12N2O4. The van der Waals surface area contributed by atoms with Gasteiger partial charge in [0.1, 0.15) is 6.04 Å². The van der Waals surface area contributed by atoms with Crippen molar-refractivity contribution in [2.75, 3.05) is 0 Å². The molecule has 1 rings (SSSR count). The SMILES string of the molecule is Cc1cc(C[C@H](N)C(=O)O)ccc1[N+](=O)[O-]. The normalized spacial score (nSPS) is 12.1. The minimum atomic E-state index is -1.09. The molecule has 1 atom stereocenters. The third-order valence-corrected chi connectivity index (χ3v) is 2.23. The molecule has 0 amide bonds. The van der Waals surface area contributed by atoms with Gasteiger partial charge in [0.15, 0.2) is 0 Å². The van der Waals surface area contributed by atoms with Crippen LogP contribution in [0.4, 0.5) is 5.69 Å². The molecule has 1 aromatic rings. The lowest BCUT2D eigenvalue weighted by atomic mass is 10.0. The zero-order chi connectivity index (χ0) is 12.3. The van der Waals surface area contributed by atoms with Crippen LogP contribution in [0.15, 0.2) is 18.2 Å². The quantitative estimate of drug-likeness (QED) is 0.582. The lowest BCUT2D eigenvalue weighted by molar-refractivity contribution is -0.385. The van der Waals surface area contributed by atoms with Gasteiger partial charge in [-0.1, -0.05) is 6.07 Å². The summed E-state index contributed by atoms with van der Waals surface area (Å²) in [5, 5.41) is 19.2. The molecule has 0 aromatic heterocycles. The Kier molecular flexibility index (Phi) is 3.57. The molecule has 0 heterocycles. The van der Waals surface area contributed by atoms with Crippen LogP contribution in [-0.4, -0.2) is 22.0 Å². The van der Waals surface area contributed by atoms with Gasteiger partial charge >= 0.3 is 5.97 Å². The number of carbonyl (C=O) groups is 1. The van der Waals surface area contributed by atoms with Crippen molar-refractivity contribution in [3.63, 3.8) is 0 Å². The van der Waals surface area contributed by atoms with Crippen LogP contribution in [0, 0.1) is 17.0 Å². The summed E-state index contributed by atoms with van der Waals surface area (Å²) in [6.07, 6.45) is 0.161. The number of aryl methyl sites for hydroxylation is 1. The van der Waals surface area contributed by atoms with E-state index in [2.05, 4.69) is 0 Å². The van der Waals surface area contributed by atoms with Crippen LogP contribution in [0.5, 0.6) is 0 Å². The third-order valence-electron chi connectivity index (χ3n) is 2.23. The van der Waals surface area contributed by atoms with E-state index in [9.17, 15) is 14.9 Å². The van der Waals surface area contributed by atoms with Gasteiger partial charge in [0, 0.05) is 11.6 Å². The summed E-state index contributed by atoms with van der Waals surface area (Å²) in [5.41, 5.74) is 6.56. The first-order valence-electron chi connectivity index (χ1n) is 4.64. The number of nitrogens with zero attached hydrogens (tertiary/aromatic N) is 1. The fourth-order valence-corrected chi connectivity index (χ4v) is 1.39. The molecule has 0 radical (unpaired) electrons. The molecule has 86 valence electrons. The number of benzene rings is 1. The van der Waals surface area contributed by atoms with Gasteiger partial charge in [-0.25, -0.2) is 0 Å². The average molecular weight is 224 g/mol. The Hall–Kier alpha value is -1.95. The molecule has 0 aliphatic rings. The number of nitro groups is 1. The lowest BCUT2D eigenvalue weighted by Crippen LogP contribution is -2.32. The van der Waals surface area contributed by atoms with Crippen LogP contribution in [0.2, 0.25) is 0 Å². The summed E-state index contributed by atoms with van der Waals surface area (Å²) in [6.45, 7) is 1.61. The van der Waals surface area contributed by atoms with E-state index in [1.807, 2.05) is 0 Å². The molecule has 1 aromatic carbocycles. The molecule has 3 N–H and O–H groups in total. The highest BCUT2D eigenvalue weighted by atomic mass is 16.6. The molecule has 0 saturated carbocycles. The van der Waals surface area contributed by atoms with Gasteiger partial charge in [-0.2, -0.15) is 0 Å². The first-order chi connectivity index (χ1) is 7.41. The summed E-state index contributed by atoms with van der Waals surface area (Å²) in [6, 6.07) is 3.48. The van der Waals surface area contributed by atoms with Gasteiger partial charge in [0.2, 0.25) is 0 Å². The Morgan fingerprint density at radius 1 is 1.62 bits per heavy atom. The molecule has 0 fully saturated rings. The van der Waals surface area contributed by atoms with E-state index < -0.39 is 16.9 Å². The lowest BCUT2D eigenvalue weighted by Gasteiger charge is -2.07. The van der Waals surface area contributed by atoms with Crippen LogP contribution in [0.25, 0.3) is 0 Å². The van der Waals surface area contributed by atoms with E-state index in [0.717, 1.165) is 0 Å². The summed E-state index contributed by atoms with van der Waals surface area (Å²) in [5.74, 6) is -1.09. The van der Waals surface area contributed by atoms with Crippen LogP contribution >= 0.6 is 0 Å². The fraction of sp³-hybridized carbons (Fsp3) is 0.300. The van der Waals surface area contributed by atoms with Crippen molar-refractivity contribution in [2.24, 2.45) is 5.73 Å². The molecule has 0 saturated heterocycles. The number of nitrogens with two attached hydrogens (primary N) is 1. The minimum Gasteiger partial charge on any atom is -0.480 e. The predicted molar refractivity (Wildman–Crippen MR) is 57.1 cm³/mol. The number of rotatable bonds is 4. The molecule has 16 heavy (non-hydrogen) atoms. The predicted octanol–water partition coefficient (Wildman–Crippen LogP) is 0.858. The third kappa shape index (κ3) is 2.77. The second kappa shape index (κ2) is 4.71. The second-order valence-corrected chi connectivity index (χ2v) is 3.53. The van der Waals surface area contributed by atoms with Gasteiger partial charge < -0.3 is 10.8 Å². The van der Waals surface area contributed by atoms with Crippen molar-refractivity contribution in [1.82, 2.24) is 0 Å². The van der Waals surface area contributed by atoms with E-state index in [4.69, 9.17) is 10.8 Å². The van der Waals surface area contributed by atoms with Crippen molar-refractivity contribution in [3.8, 4) is 0 Å². The molecule has 0 bridgehead atoms. The Morgan fingerprint density at radius 2 is 2.25 bits per heavy atom. The molecule has 6 heteroatoms. The largest absolute Gasteiger partial charge is 0.480 e. The Balaban J connectivity index is 2.89. The van der Waals surface area contributed by atoms with Crippen LogP contribution < -0.4 is 5.73 Å². The monoisotopic (exact) mass is 224 g/mol. The number of aliphatic carboxylic acids is 1. The van der Waals surface area contributed by atoms with E-state index >= 15 is 0 Å². The van der Waals surface area contributed by atoms with Crippen LogP contribution in [-0.2, 0) is 11.2 Å². The van der Waals surface area contributed by atoms with E-state index in [1.54, 1.807) is 13.0 Å². The number of hydrogen-bond acceptors (Lipinski definition) is 4. The standard InChI is InChI=1S/C10H12N2O4/c1-6-4-7(5-8(11)10(13)14)2-3-9(6)12(15)16/h2-4,8H,5,11H2,1H3,(H,13,14)/t8-/m0/s1. The smallest absolute Gasteiger partial charge is 0.320 e. The maximum atomic E-state index is 10.6. The maximum absolute atomic E-state index is 10.6. The second-order valence-electron chi connectivity index (χ2n) is 3.53. The number of carboxylic acid groups (broad SMARTS) is 1. The summed E-state index contributed by atoms with van der Waals surface area (Å²) in [7, 11) is 0. The van der Waals surface area contributed by atoms with Gasteiger partial charge in [-0.15, -0.1) is 0 Å². The number of nitro benzene ring substituents is 1. The van der Waals surface area contributed by atoms with Gasteiger partial charge in [-0.3, -0.25) is 14.9 Å². The Bertz CT molecular complexity index is 431. The Labute approximate surface area is 91.8 Å². The minimum absolute atomic E-state index is 0.0210. The Morgan fingerprint density at radius 3 is 2.69 bits per heavy atom. The molecule has 6 nitrogen and oxygen atoms in total. The van der Waals surface area contributed by atoms with E-state index in [1.165, 1.54) is 12.1 Å². The van der Waals surface area contributed by atoms with Crippen molar-refractivity contribution in [3.05, 3.63) is 39.4 Å². The summed E-state index contributed by atoms with van der Waals surface area (Å²) >= 11 is 0. The molecule has 0 unspecified atom stereocenters. The van der Waals surface area contributed by atoms with Crippen molar-refractivity contribution in [2.45, 2.75) is 19.4 Å². The highest BCUT2D eigenvalue weighted by molar-refractivity contribution is 5.73. The maximum Gasteiger partial charge on any atom is 0.320 e. The van der Waals surface area contributed by atoms with Crippen molar-refractivity contribution < 1.29 is 14.8 Å². The van der Waals surface area contributed by atoms with E-state index in [0.29, 0.717) is 11.1 Å². The number of hydrogen-bond donors (Lipinski definition) is 2. The highest BCUT2D eigenvalue weighted by Crippen LogP contribution is 2.19. The first kappa shape index (κ1) is 12.1. The van der Waals surface area contributed by atoms with Gasteiger partial charge in [0.25, 0.3) is 5.69 Å². The fourth-order valence-electron chi connectivity index (χ4n) is 1.39. The highest BCUT2D eigenvalue weighted by Gasteiger charge is 2.15. The summed E-state index contributed by atoms with van der Waals surface area (Å²) < 4.78 is 0. The zero-order valence-corrected chi connectivity index (χ0v) is 8.71. The molecular weight excluding hydrogens is 212 g/mol. The molecule has 0 aliphatic heterocycles. The molecule has 0 spiro atoms. The average Bonchev–Trinajstić information content (AvgIpc) is 2.16. The van der Waals surface area contributed by atoms with Crippen LogP contribution in [0.1, 0.15) is 11.1 Å². The van der Waals surface area contributed by atoms with E-state index in [-0.39, 0.29) is 12.1 Å². The van der Waals surface area contributed by atoms with Gasteiger partial charge in [0.05, 0.1) is 4.92 Å². The van der Waals surface area contributed by atoms with Crippen molar-refractivity contribution in [1.29, 1.82) is 0 Å². The number of carboxylic acids is 1. The zero-order valence-electron chi connectivity index (χ0n) is 8.71. The van der Waals surface area contributed by atoms with Crippen molar-refractivity contribution >= 4 is 11.7 Å².